The fraction of sp³-hybridized carbons (Fsp3) is 0.353. The lowest BCUT2D eigenvalue weighted by atomic mass is 10.2. The molecule has 136 valence electrons. The lowest BCUT2D eigenvalue weighted by Gasteiger charge is -2.11. The van der Waals surface area contributed by atoms with Gasteiger partial charge in [-0.15, -0.1) is 0 Å². The standard InChI is InChI=1S/C17H21BrN2O5/c1-4-11(2)19-17(23)20-15(21)10-25-16(22)8-5-12-9-13(18)6-7-14(12)24-3/h5-9,11H,4,10H2,1-3H3,(H2,19,20,21,23)/b8-5+/t11-/m1/s1. The van der Waals surface area contributed by atoms with Crippen molar-refractivity contribution in [2.24, 2.45) is 0 Å². The summed E-state index contributed by atoms with van der Waals surface area (Å²) >= 11 is 3.33. The number of halogens is 1. The van der Waals surface area contributed by atoms with Crippen molar-refractivity contribution in [1.82, 2.24) is 10.6 Å². The van der Waals surface area contributed by atoms with Crippen LogP contribution < -0.4 is 15.4 Å². The molecule has 0 heterocycles. The van der Waals surface area contributed by atoms with Gasteiger partial charge >= 0.3 is 12.0 Å². The Kier molecular flexibility index (Phi) is 8.69. The molecule has 0 aromatic heterocycles. The van der Waals surface area contributed by atoms with Gasteiger partial charge in [0.1, 0.15) is 5.75 Å². The molecule has 0 bridgehead atoms. The number of nitrogens with one attached hydrogen (secondary N) is 2. The van der Waals surface area contributed by atoms with E-state index >= 15 is 0 Å². The van der Waals surface area contributed by atoms with Crippen molar-refractivity contribution in [2.45, 2.75) is 26.3 Å². The van der Waals surface area contributed by atoms with Crippen LogP contribution in [0.5, 0.6) is 5.75 Å². The first-order valence-corrected chi connectivity index (χ1v) is 8.43. The van der Waals surface area contributed by atoms with Gasteiger partial charge in [-0.2, -0.15) is 0 Å². The molecular weight excluding hydrogens is 392 g/mol. The maximum Gasteiger partial charge on any atom is 0.331 e. The summed E-state index contributed by atoms with van der Waals surface area (Å²) in [5.41, 5.74) is 0.672. The molecule has 0 spiro atoms. The van der Waals surface area contributed by atoms with Gasteiger partial charge in [-0.05, 0) is 37.6 Å². The van der Waals surface area contributed by atoms with Gasteiger partial charge in [-0.3, -0.25) is 10.1 Å². The van der Waals surface area contributed by atoms with Gasteiger partial charge < -0.3 is 14.8 Å². The summed E-state index contributed by atoms with van der Waals surface area (Å²) in [5, 5.41) is 4.65. The maximum atomic E-state index is 11.7. The normalized spacial score (nSPS) is 11.7. The number of esters is 1. The van der Waals surface area contributed by atoms with E-state index in [-0.39, 0.29) is 6.04 Å². The Bertz CT molecular complexity index is 660. The van der Waals surface area contributed by atoms with Crippen molar-refractivity contribution < 1.29 is 23.9 Å². The van der Waals surface area contributed by atoms with Gasteiger partial charge in [0.15, 0.2) is 6.61 Å². The molecule has 0 aliphatic heterocycles. The first-order chi connectivity index (χ1) is 11.8. The molecule has 2 N–H and O–H groups in total. The number of carbonyl (C=O) groups excluding carboxylic acids is 3. The largest absolute Gasteiger partial charge is 0.496 e. The lowest BCUT2D eigenvalue weighted by Crippen LogP contribution is -2.44. The molecule has 0 fully saturated rings. The van der Waals surface area contributed by atoms with Crippen molar-refractivity contribution in [3.8, 4) is 5.75 Å². The van der Waals surface area contributed by atoms with Gasteiger partial charge in [0.05, 0.1) is 7.11 Å². The Labute approximate surface area is 154 Å². The smallest absolute Gasteiger partial charge is 0.331 e. The molecule has 1 aromatic rings. The third kappa shape index (κ3) is 7.84. The lowest BCUT2D eigenvalue weighted by molar-refractivity contribution is -0.143. The first-order valence-electron chi connectivity index (χ1n) is 7.64. The van der Waals surface area contributed by atoms with Crippen LogP contribution in [0, 0.1) is 0 Å². The molecule has 0 saturated carbocycles. The summed E-state index contributed by atoms with van der Waals surface area (Å²) in [7, 11) is 1.52. The molecule has 7 nitrogen and oxygen atoms in total. The SMILES string of the molecule is CC[C@@H](C)NC(=O)NC(=O)COC(=O)/C=C/c1cc(Br)ccc1OC. The number of rotatable bonds is 7. The predicted molar refractivity (Wildman–Crippen MR) is 97.1 cm³/mol. The van der Waals surface area contributed by atoms with E-state index in [4.69, 9.17) is 9.47 Å². The van der Waals surface area contributed by atoms with Crippen LogP contribution in [0.2, 0.25) is 0 Å². The monoisotopic (exact) mass is 412 g/mol. The number of methoxy groups -OCH3 is 1. The first kappa shape index (κ1) is 20.7. The van der Waals surface area contributed by atoms with E-state index in [1.165, 1.54) is 19.3 Å². The van der Waals surface area contributed by atoms with Gasteiger partial charge in [0.2, 0.25) is 0 Å². The van der Waals surface area contributed by atoms with Gasteiger partial charge in [-0.1, -0.05) is 22.9 Å². The third-order valence-electron chi connectivity index (χ3n) is 3.18. The van der Waals surface area contributed by atoms with Crippen LogP contribution in [0.3, 0.4) is 0 Å². The van der Waals surface area contributed by atoms with E-state index in [1.807, 2.05) is 19.9 Å². The van der Waals surface area contributed by atoms with Crippen LogP contribution in [0.25, 0.3) is 6.08 Å². The number of urea groups is 1. The van der Waals surface area contributed by atoms with Crippen LogP contribution in [0.1, 0.15) is 25.8 Å². The average molecular weight is 413 g/mol. The number of carbonyl (C=O) groups is 3. The van der Waals surface area contributed by atoms with E-state index in [1.54, 1.807) is 12.1 Å². The average Bonchev–Trinajstić information content (AvgIpc) is 2.57. The molecule has 8 heteroatoms. The number of imide groups is 1. The summed E-state index contributed by atoms with van der Waals surface area (Å²) in [5.74, 6) is -0.825. The number of benzene rings is 1. The Morgan fingerprint density at radius 3 is 2.68 bits per heavy atom. The molecule has 3 amide bonds. The highest BCUT2D eigenvalue weighted by molar-refractivity contribution is 9.10. The number of hydrogen-bond acceptors (Lipinski definition) is 5. The highest BCUT2D eigenvalue weighted by Gasteiger charge is 2.11. The van der Waals surface area contributed by atoms with Crippen LogP contribution in [0.15, 0.2) is 28.7 Å². The molecule has 0 aliphatic rings. The molecule has 0 saturated heterocycles. The zero-order chi connectivity index (χ0) is 18.8. The van der Waals surface area contributed by atoms with E-state index < -0.39 is 24.5 Å². The number of ether oxygens (including phenoxy) is 2. The molecule has 1 rings (SSSR count). The second kappa shape index (κ2) is 10.5. The molecule has 1 atom stereocenters. The van der Waals surface area contributed by atoms with Gasteiger partial charge in [0, 0.05) is 22.2 Å². The van der Waals surface area contributed by atoms with Crippen molar-refractivity contribution in [2.75, 3.05) is 13.7 Å². The molecular formula is C17H21BrN2O5. The van der Waals surface area contributed by atoms with Crippen LogP contribution in [-0.2, 0) is 14.3 Å². The minimum Gasteiger partial charge on any atom is -0.496 e. The summed E-state index contributed by atoms with van der Waals surface area (Å²) in [6, 6.07) is 4.65. The summed E-state index contributed by atoms with van der Waals surface area (Å²) in [6.07, 6.45) is 3.43. The molecule has 0 unspecified atom stereocenters. The van der Waals surface area contributed by atoms with E-state index in [9.17, 15) is 14.4 Å². The quantitative estimate of drug-likeness (QED) is 0.530. The molecule has 0 radical (unpaired) electrons. The summed E-state index contributed by atoms with van der Waals surface area (Å²) in [4.78, 5) is 34.7. The summed E-state index contributed by atoms with van der Waals surface area (Å²) < 4.78 is 10.8. The zero-order valence-corrected chi connectivity index (χ0v) is 15.9. The van der Waals surface area contributed by atoms with Crippen LogP contribution in [-0.4, -0.2) is 37.7 Å². The maximum absolute atomic E-state index is 11.7. The molecule has 0 aliphatic carbocycles. The van der Waals surface area contributed by atoms with Crippen molar-refractivity contribution >= 4 is 39.9 Å². The van der Waals surface area contributed by atoms with Gasteiger partial charge in [-0.25, -0.2) is 9.59 Å². The zero-order valence-electron chi connectivity index (χ0n) is 14.3. The van der Waals surface area contributed by atoms with Crippen molar-refractivity contribution in [3.63, 3.8) is 0 Å². The van der Waals surface area contributed by atoms with Crippen molar-refractivity contribution in [3.05, 3.63) is 34.3 Å². The highest BCUT2D eigenvalue weighted by Crippen LogP contribution is 2.24. The Balaban J connectivity index is 2.48. The van der Waals surface area contributed by atoms with E-state index in [0.717, 1.165) is 10.9 Å². The topological polar surface area (TPSA) is 93.7 Å². The Morgan fingerprint density at radius 2 is 2.04 bits per heavy atom. The second-order valence-electron chi connectivity index (χ2n) is 5.16. The minimum atomic E-state index is -0.709. The Hall–Kier alpha value is -2.35. The fourth-order valence-corrected chi connectivity index (χ4v) is 2.08. The van der Waals surface area contributed by atoms with Crippen molar-refractivity contribution in [1.29, 1.82) is 0 Å². The highest BCUT2D eigenvalue weighted by atomic mass is 79.9. The third-order valence-corrected chi connectivity index (χ3v) is 3.67. The molecule has 25 heavy (non-hydrogen) atoms. The summed E-state index contributed by atoms with van der Waals surface area (Å²) in [6.45, 7) is 3.17. The van der Waals surface area contributed by atoms with E-state index in [2.05, 4.69) is 26.6 Å². The minimum absolute atomic E-state index is 0.0570. The Morgan fingerprint density at radius 1 is 1.32 bits per heavy atom. The van der Waals surface area contributed by atoms with Crippen LogP contribution >= 0.6 is 15.9 Å². The fourth-order valence-electron chi connectivity index (χ4n) is 1.70. The molecule has 1 aromatic carbocycles. The van der Waals surface area contributed by atoms with Crippen LogP contribution in [0.4, 0.5) is 4.79 Å². The van der Waals surface area contributed by atoms with E-state index in [0.29, 0.717) is 11.3 Å². The van der Waals surface area contributed by atoms with Gasteiger partial charge in [0.25, 0.3) is 5.91 Å². The number of hydrogen-bond donors (Lipinski definition) is 2. The second-order valence-corrected chi connectivity index (χ2v) is 6.07. The number of amides is 3. The predicted octanol–water partition coefficient (Wildman–Crippen LogP) is 2.64.